The number of carboxylic acid groups (broad SMARTS) is 1. The summed E-state index contributed by atoms with van der Waals surface area (Å²) < 4.78 is 11.8. The molecule has 0 saturated heterocycles. The Hall–Kier alpha value is -1.49. The van der Waals surface area contributed by atoms with Gasteiger partial charge in [0, 0.05) is 5.56 Å². The number of rotatable bonds is 4. The third-order valence-corrected chi connectivity index (χ3v) is 4.69. The van der Waals surface area contributed by atoms with E-state index in [9.17, 15) is 9.35 Å². The standard InChI is InChI=1S/C16H15ClO3S/c1-16(17,15(18)19)12-9-7-11(8-10-12)13-5-3-4-6-14(13)21(2)20/h3-10H,1-2H3,(H,18,19). The van der Waals surface area contributed by atoms with Crippen molar-refractivity contribution < 1.29 is 14.5 Å². The lowest BCUT2D eigenvalue weighted by atomic mass is 9.97. The van der Waals surface area contributed by atoms with Gasteiger partial charge in [0.05, 0.1) is 0 Å². The molecular formula is C16H15ClO3S. The van der Waals surface area contributed by atoms with Crippen LogP contribution in [0.1, 0.15) is 12.5 Å². The summed E-state index contributed by atoms with van der Waals surface area (Å²) >= 11 is 4.94. The molecule has 0 aliphatic heterocycles. The van der Waals surface area contributed by atoms with Crippen LogP contribution in [-0.4, -0.2) is 21.9 Å². The molecule has 0 saturated carbocycles. The van der Waals surface area contributed by atoms with Crippen LogP contribution in [0.2, 0.25) is 0 Å². The molecule has 0 aliphatic carbocycles. The Bertz CT molecular complexity index is 651. The summed E-state index contributed by atoms with van der Waals surface area (Å²) in [7, 11) is 0. The third kappa shape index (κ3) is 3.23. The minimum atomic E-state index is -1.45. The van der Waals surface area contributed by atoms with Crippen LogP contribution < -0.4 is 0 Å². The summed E-state index contributed by atoms with van der Waals surface area (Å²) in [4.78, 5) is 10.4. The average Bonchev–Trinajstić information content (AvgIpc) is 2.47. The lowest BCUT2D eigenvalue weighted by molar-refractivity contribution is -0.139. The second kappa shape index (κ2) is 6.10. The monoisotopic (exact) mass is 322 g/mol. The van der Waals surface area contributed by atoms with E-state index in [4.69, 9.17) is 16.7 Å². The first-order valence-electron chi connectivity index (χ1n) is 6.29. The number of halogens is 1. The van der Waals surface area contributed by atoms with E-state index in [2.05, 4.69) is 0 Å². The summed E-state index contributed by atoms with van der Waals surface area (Å²) in [5, 5.41) is 9.13. The fraction of sp³-hybridized carbons (Fsp3) is 0.188. The lowest BCUT2D eigenvalue weighted by Crippen LogP contribution is -2.25. The molecule has 1 N–H and O–H groups in total. The topological polar surface area (TPSA) is 60.4 Å². The molecule has 2 atom stereocenters. The highest BCUT2D eigenvalue weighted by Gasteiger charge is 2.32. The highest BCUT2D eigenvalue weighted by Crippen LogP contribution is 2.32. The van der Waals surface area contributed by atoms with E-state index in [0.717, 1.165) is 16.0 Å². The van der Waals surface area contributed by atoms with E-state index >= 15 is 0 Å². The van der Waals surface area contributed by atoms with Crippen LogP contribution in [0.4, 0.5) is 0 Å². The Morgan fingerprint density at radius 1 is 1.19 bits per heavy atom. The number of carboxylic acids is 1. The number of hydrogen-bond donors (Lipinski definition) is 1. The predicted molar refractivity (Wildman–Crippen MR) is 85.1 cm³/mol. The zero-order valence-electron chi connectivity index (χ0n) is 11.7. The van der Waals surface area contributed by atoms with E-state index in [0.29, 0.717) is 5.56 Å². The normalized spacial score (nSPS) is 15.2. The van der Waals surface area contributed by atoms with Crippen LogP contribution in [-0.2, 0) is 20.8 Å². The molecule has 110 valence electrons. The van der Waals surface area contributed by atoms with Crippen molar-refractivity contribution in [1.29, 1.82) is 0 Å². The summed E-state index contributed by atoms with van der Waals surface area (Å²) in [5.41, 5.74) is 2.26. The van der Waals surface area contributed by atoms with Crippen LogP contribution in [0.15, 0.2) is 53.4 Å². The van der Waals surface area contributed by atoms with Crippen molar-refractivity contribution in [2.75, 3.05) is 6.26 Å². The first kappa shape index (κ1) is 15.9. The first-order valence-corrected chi connectivity index (χ1v) is 8.23. The van der Waals surface area contributed by atoms with Gasteiger partial charge in [0.15, 0.2) is 9.77 Å². The second-order valence-corrected chi connectivity index (χ2v) is 6.94. The van der Waals surface area contributed by atoms with Crippen molar-refractivity contribution in [2.24, 2.45) is 0 Å². The Balaban J connectivity index is 2.43. The van der Waals surface area contributed by atoms with Gasteiger partial charge in [-0.15, -0.1) is 11.6 Å². The second-order valence-electron chi connectivity index (χ2n) is 4.84. The minimum Gasteiger partial charge on any atom is -0.612 e. The number of hydrogen-bond acceptors (Lipinski definition) is 2. The number of carbonyl (C=O) groups is 1. The third-order valence-electron chi connectivity index (χ3n) is 3.34. The fourth-order valence-electron chi connectivity index (χ4n) is 2.04. The highest BCUT2D eigenvalue weighted by atomic mass is 35.5. The van der Waals surface area contributed by atoms with E-state index in [-0.39, 0.29) is 0 Å². The summed E-state index contributed by atoms with van der Waals surface area (Å²) in [6.45, 7) is 1.45. The molecule has 0 aromatic heterocycles. The fourth-order valence-corrected chi connectivity index (χ4v) is 2.93. The van der Waals surface area contributed by atoms with Gasteiger partial charge in [-0.1, -0.05) is 36.4 Å². The van der Waals surface area contributed by atoms with Gasteiger partial charge in [-0.3, -0.25) is 0 Å². The van der Waals surface area contributed by atoms with Crippen molar-refractivity contribution >= 4 is 28.7 Å². The summed E-state index contributed by atoms with van der Waals surface area (Å²) in [6, 6.07) is 14.4. The minimum absolute atomic E-state index is 0.510. The Morgan fingerprint density at radius 3 is 2.29 bits per heavy atom. The quantitative estimate of drug-likeness (QED) is 0.690. The molecule has 5 heteroatoms. The van der Waals surface area contributed by atoms with E-state index in [1.807, 2.05) is 24.3 Å². The smallest absolute Gasteiger partial charge is 0.329 e. The van der Waals surface area contributed by atoms with Crippen molar-refractivity contribution in [3.05, 3.63) is 54.1 Å². The average molecular weight is 323 g/mol. The zero-order valence-corrected chi connectivity index (χ0v) is 13.2. The maximum Gasteiger partial charge on any atom is 0.329 e. The maximum absolute atomic E-state index is 11.8. The lowest BCUT2D eigenvalue weighted by Gasteiger charge is -2.17. The van der Waals surface area contributed by atoms with Gasteiger partial charge in [-0.2, -0.15) is 0 Å². The van der Waals surface area contributed by atoms with E-state index < -0.39 is 22.0 Å². The van der Waals surface area contributed by atoms with Gasteiger partial charge >= 0.3 is 5.97 Å². The Morgan fingerprint density at radius 2 is 1.76 bits per heavy atom. The van der Waals surface area contributed by atoms with Gasteiger partial charge in [0.2, 0.25) is 0 Å². The molecule has 2 aromatic rings. The molecule has 0 bridgehead atoms. The van der Waals surface area contributed by atoms with E-state index in [1.54, 1.807) is 30.5 Å². The van der Waals surface area contributed by atoms with Crippen LogP contribution in [0.5, 0.6) is 0 Å². The Kier molecular flexibility index (Phi) is 4.61. The van der Waals surface area contributed by atoms with Crippen LogP contribution in [0.3, 0.4) is 0 Å². The van der Waals surface area contributed by atoms with Crippen molar-refractivity contribution in [3.63, 3.8) is 0 Å². The van der Waals surface area contributed by atoms with Gasteiger partial charge < -0.3 is 9.66 Å². The van der Waals surface area contributed by atoms with Gasteiger partial charge in [-0.05, 0) is 41.4 Å². The Labute approximate surface area is 131 Å². The largest absolute Gasteiger partial charge is 0.612 e. The van der Waals surface area contributed by atoms with Gasteiger partial charge in [0.25, 0.3) is 0 Å². The molecule has 0 amide bonds. The first-order chi connectivity index (χ1) is 9.84. The molecule has 3 nitrogen and oxygen atoms in total. The number of benzene rings is 2. The highest BCUT2D eigenvalue weighted by molar-refractivity contribution is 7.90. The van der Waals surface area contributed by atoms with Crippen molar-refractivity contribution in [1.82, 2.24) is 0 Å². The summed E-state index contributed by atoms with van der Waals surface area (Å²) in [6.07, 6.45) is 1.63. The molecule has 0 spiro atoms. The van der Waals surface area contributed by atoms with Crippen LogP contribution in [0, 0.1) is 0 Å². The SMILES string of the molecule is C[S+]([O-])c1ccccc1-c1ccc(C(C)(Cl)C(=O)O)cc1. The van der Waals surface area contributed by atoms with Crippen molar-refractivity contribution in [2.45, 2.75) is 16.7 Å². The number of aliphatic carboxylic acids is 1. The van der Waals surface area contributed by atoms with E-state index in [1.165, 1.54) is 6.92 Å². The predicted octanol–water partition coefficient (Wildman–Crippen LogP) is 3.63. The van der Waals surface area contributed by atoms with Gasteiger partial charge in [-0.25, -0.2) is 4.79 Å². The molecule has 0 aliphatic rings. The van der Waals surface area contributed by atoms with Crippen LogP contribution in [0.25, 0.3) is 11.1 Å². The molecule has 2 aromatic carbocycles. The number of alkyl halides is 1. The maximum atomic E-state index is 11.8. The summed E-state index contributed by atoms with van der Waals surface area (Å²) in [5.74, 6) is -1.09. The zero-order chi connectivity index (χ0) is 15.6. The molecule has 0 radical (unpaired) electrons. The molecule has 2 rings (SSSR count). The molecule has 0 heterocycles. The van der Waals surface area contributed by atoms with Crippen molar-refractivity contribution in [3.8, 4) is 11.1 Å². The molecule has 2 unspecified atom stereocenters. The molecular weight excluding hydrogens is 308 g/mol. The van der Waals surface area contributed by atoms with Gasteiger partial charge in [0.1, 0.15) is 6.26 Å². The molecule has 21 heavy (non-hydrogen) atoms. The van der Waals surface area contributed by atoms with Crippen LogP contribution >= 0.6 is 11.6 Å². The molecule has 0 fully saturated rings.